The van der Waals surface area contributed by atoms with Crippen LogP contribution < -0.4 is 22.2 Å². The number of hydrazine groups is 1. The van der Waals surface area contributed by atoms with Crippen molar-refractivity contribution in [3.05, 3.63) is 35.4 Å². The number of nitrogens with one attached hydrogen (secondary N) is 2. The van der Waals surface area contributed by atoms with Crippen LogP contribution in [0.4, 0.5) is 5.69 Å². The Morgan fingerprint density at radius 3 is 2.83 bits per heavy atom. The minimum atomic E-state index is -0.607. The highest BCUT2D eigenvalue weighted by Gasteiger charge is 2.12. The van der Waals surface area contributed by atoms with Crippen molar-refractivity contribution >= 4 is 29.2 Å². The number of pyridine rings is 1. The van der Waals surface area contributed by atoms with Gasteiger partial charge in [-0.05, 0) is 12.1 Å². The highest BCUT2D eigenvalue weighted by molar-refractivity contribution is 6.32. The van der Waals surface area contributed by atoms with Gasteiger partial charge < -0.3 is 26.1 Å². The van der Waals surface area contributed by atoms with Crippen molar-refractivity contribution in [2.75, 3.05) is 32.1 Å². The van der Waals surface area contributed by atoms with Crippen molar-refractivity contribution in [2.24, 2.45) is 11.6 Å². The van der Waals surface area contributed by atoms with Gasteiger partial charge in [-0.1, -0.05) is 11.6 Å². The molecule has 1 rings (SSSR count). The van der Waals surface area contributed by atoms with E-state index < -0.39 is 5.97 Å². The number of amides is 1. The molecule has 0 fully saturated rings. The minimum Gasteiger partial charge on any atom is -0.464 e. The summed E-state index contributed by atoms with van der Waals surface area (Å²) in [6.07, 6.45) is 2.83. The molecule has 0 bridgehead atoms. The lowest BCUT2D eigenvalue weighted by atomic mass is 10.3. The van der Waals surface area contributed by atoms with Crippen LogP contribution in [0.25, 0.3) is 0 Å². The number of carbonyl (C=O) groups is 2. The molecule has 9 nitrogen and oxygen atoms in total. The molecule has 0 saturated heterocycles. The fourth-order valence-electron chi connectivity index (χ4n) is 1.54. The molecule has 1 heterocycles. The predicted molar refractivity (Wildman–Crippen MR) is 86.3 cm³/mol. The van der Waals surface area contributed by atoms with Crippen molar-refractivity contribution in [2.45, 2.75) is 0 Å². The van der Waals surface area contributed by atoms with Crippen LogP contribution in [0, 0.1) is 0 Å². The summed E-state index contributed by atoms with van der Waals surface area (Å²) < 4.78 is 4.53. The Labute approximate surface area is 138 Å². The van der Waals surface area contributed by atoms with Crippen LogP contribution in [0.2, 0.25) is 5.15 Å². The first-order chi connectivity index (χ1) is 11.0. The van der Waals surface area contributed by atoms with Crippen molar-refractivity contribution in [1.82, 2.24) is 15.3 Å². The topological polar surface area (TPSA) is 136 Å². The number of carbonyl (C=O) groups excluding carboxylic acids is 2. The molecule has 126 valence electrons. The Hall–Kier alpha value is -2.36. The lowest BCUT2D eigenvalue weighted by Crippen LogP contribution is -2.36. The number of halogens is 1. The second-order valence-corrected chi connectivity index (χ2v) is 4.69. The van der Waals surface area contributed by atoms with Gasteiger partial charge in [-0.2, -0.15) is 0 Å². The van der Waals surface area contributed by atoms with E-state index in [0.717, 1.165) is 0 Å². The number of hydrogen-bond donors (Lipinski definition) is 4. The fraction of sp³-hybridized carbons (Fsp3) is 0.308. The van der Waals surface area contributed by atoms with E-state index >= 15 is 0 Å². The minimum absolute atomic E-state index is 0.00228. The first kappa shape index (κ1) is 18.7. The maximum absolute atomic E-state index is 11.8. The molecular formula is C13H19ClN6O3. The summed E-state index contributed by atoms with van der Waals surface area (Å²) in [4.78, 5) is 26.9. The van der Waals surface area contributed by atoms with Gasteiger partial charge in [-0.3, -0.25) is 4.79 Å². The van der Waals surface area contributed by atoms with E-state index in [4.69, 9.17) is 23.2 Å². The molecule has 0 spiro atoms. The van der Waals surface area contributed by atoms with Crippen molar-refractivity contribution < 1.29 is 14.3 Å². The van der Waals surface area contributed by atoms with Gasteiger partial charge in [0.2, 0.25) is 5.91 Å². The number of methoxy groups -OCH3 is 1. The summed E-state index contributed by atoms with van der Waals surface area (Å²) in [6.45, 7) is 1.04. The molecule has 0 aromatic carbocycles. The summed E-state index contributed by atoms with van der Waals surface area (Å²) in [6, 6.07) is 2.89. The quantitative estimate of drug-likeness (QED) is 0.165. The van der Waals surface area contributed by atoms with Gasteiger partial charge in [0.1, 0.15) is 5.69 Å². The number of rotatable bonds is 8. The molecule has 0 aliphatic heterocycles. The number of hydrogen-bond acceptors (Lipinski definition) is 8. The van der Waals surface area contributed by atoms with Crippen molar-refractivity contribution in [3.63, 3.8) is 0 Å². The molecule has 23 heavy (non-hydrogen) atoms. The van der Waals surface area contributed by atoms with Crippen LogP contribution in [0.15, 0.2) is 24.5 Å². The standard InChI is InChI=1S/C13H19ClN6O3/c1-23-13(22)10-3-2-9(12(14)19-10)18-11(21)8-17-5-7-20(16)6-4-15/h2-4,6,17H,5,7-8,15-16H2,1H3,(H,18,21)/b6-4-. The molecule has 0 unspecified atom stereocenters. The number of esters is 1. The largest absolute Gasteiger partial charge is 0.464 e. The van der Waals surface area contributed by atoms with Crippen LogP contribution in [0.3, 0.4) is 0 Å². The Kier molecular flexibility index (Phi) is 7.81. The highest BCUT2D eigenvalue weighted by atomic mass is 35.5. The van der Waals surface area contributed by atoms with Gasteiger partial charge >= 0.3 is 5.97 Å². The molecule has 1 aromatic heterocycles. The number of nitrogens with two attached hydrogens (primary N) is 2. The Morgan fingerprint density at radius 2 is 2.22 bits per heavy atom. The van der Waals surface area contributed by atoms with E-state index in [0.29, 0.717) is 18.8 Å². The third-order valence-corrected chi connectivity index (χ3v) is 2.92. The average molecular weight is 343 g/mol. The van der Waals surface area contributed by atoms with E-state index in [9.17, 15) is 9.59 Å². The van der Waals surface area contributed by atoms with Crippen molar-refractivity contribution in [1.29, 1.82) is 0 Å². The van der Waals surface area contributed by atoms with Crippen LogP contribution in [-0.2, 0) is 9.53 Å². The zero-order valence-corrected chi connectivity index (χ0v) is 13.3. The van der Waals surface area contributed by atoms with Crippen LogP contribution in [0.1, 0.15) is 10.5 Å². The monoisotopic (exact) mass is 342 g/mol. The molecule has 0 aliphatic carbocycles. The summed E-state index contributed by atoms with van der Waals surface area (Å²) >= 11 is 5.92. The lowest BCUT2D eigenvalue weighted by molar-refractivity contribution is -0.115. The molecule has 1 amide bonds. The first-order valence-electron chi connectivity index (χ1n) is 6.63. The summed E-state index contributed by atoms with van der Waals surface area (Å²) in [5.41, 5.74) is 5.55. The second kappa shape index (κ2) is 9.62. The van der Waals surface area contributed by atoms with E-state index in [1.165, 1.54) is 36.7 Å². The lowest BCUT2D eigenvalue weighted by Gasteiger charge is -2.13. The van der Waals surface area contributed by atoms with Gasteiger partial charge in [0.25, 0.3) is 0 Å². The van der Waals surface area contributed by atoms with Gasteiger partial charge in [0.15, 0.2) is 5.15 Å². The molecular weight excluding hydrogens is 324 g/mol. The zero-order valence-electron chi connectivity index (χ0n) is 12.6. The summed E-state index contributed by atoms with van der Waals surface area (Å²) in [7, 11) is 1.24. The van der Waals surface area contributed by atoms with E-state index in [1.54, 1.807) is 0 Å². The number of anilines is 1. The fourth-order valence-corrected chi connectivity index (χ4v) is 1.74. The third-order valence-electron chi connectivity index (χ3n) is 2.63. The second-order valence-electron chi connectivity index (χ2n) is 4.33. The number of nitrogens with zero attached hydrogens (tertiary/aromatic N) is 2. The normalized spacial score (nSPS) is 10.6. The molecule has 0 aliphatic rings. The highest BCUT2D eigenvalue weighted by Crippen LogP contribution is 2.19. The zero-order chi connectivity index (χ0) is 17.2. The smallest absolute Gasteiger partial charge is 0.356 e. The Morgan fingerprint density at radius 1 is 1.48 bits per heavy atom. The van der Waals surface area contributed by atoms with Gasteiger partial charge in [0.05, 0.1) is 19.3 Å². The molecule has 0 radical (unpaired) electrons. The first-order valence-corrected chi connectivity index (χ1v) is 7.01. The van der Waals surface area contributed by atoms with Crippen LogP contribution >= 0.6 is 11.6 Å². The molecule has 1 aromatic rings. The van der Waals surface area contributed by atoms with Crippen LogP contribution in [-0.4, -0.2) is 48.6 Å². The average Bonchev–Trinajstić information content (AvgIpc) is 2.53. The predicted octanol–water partition coefficient (Wildman–Crippen LogP) is -0.345. The SMILES string of the molecule is COC(=O)c1ccc(NC(=O)CNCCN(N)/C=C\N)c(Cl)n1. The number of ether oxygens (including phenoxy) is 1. The van der Waals surface area contributed by atoms with E-state index in [2.05, 4.69) is 20.4 Å². The van der Waals surface area contributed by atoms with E-state index in [1.807, 2.05) is 0 Å². The third kappa shape index (κ3) is 6.51. The molecule has 6 N–H and O–H groups in total. The maximum atomic E-state index is 11.8. The maximum Gasteiger partial charge on any atom is 0.356 e. The Bertz CT molecular complexity index is 581. The summed E-state index contributed by atoms with van der Waals surface area (Å²) in [5.74, 6) is 4.64. The summed E-state index contributed by atoms with van der Waals surface area (Å²) in [5, 5.41) is 6.88. The molecule has 0 atom stereocenters. The van der Waals surface area contributed by atoms with Gasteiger partial charge in [0, 0.05) is 25.5 Å². The van der Waals surface area contributed by atoms with Gasteiger partial charge in [-0.15, -0.1) is 0 Å². The van der Waals surface area contributed by atoms with E-state index in [-0.39, 0.29) is 23.3 Å². The van der Waals surface area contributed by atoms with Gasteiger partial charge in [-0.25, -0.2) is 15.6 Å². The molecule has 10 heteroatoms. The van der Waals surface area contributed by atoms with Crippen LogP contribution in [0.5, 0.6) is 0 Å². The Balaban J connectivity index is 2.44. The number of aromatic nitrogens is 1. The molecule has 0 saturated carbocycles. The van der Waals surface area contributed by atoms with Crippen molar-refractivity contribution in [3.8, 4) is 0 Å².